The first-order valence-corrected chi connectivity index (χ1v) is 8.63. The van der Waals surface area contributed by atoms with Crippen LogP contribution in [-0.2, 0) is 20.8 Å². The van der Waals surface area contributed by atoms with E-state index in [4.69, 9.17) is 5.73 Å². The Morgan fingerprint density at radius 1 is 1.31 bits per heavy atom. The molecule has 0 bridgehead atoms. The van der Waals surface area contributed by atoms with Crippen LogP contribution in [0.5, 0.6) is 0 Å². The van der Waals surface area contributed by atoms with Crippen molar-refractivity contribution in [1.29, 1.82) is 0 Å². The van der Waals surface area contributed by atoms with E-state index in [0.29, 0.717) is 6.07 Å². The largest absolute Gasteiger partial charge is 2.00 e. The van der Waals surface area contributed by atoms with Gasteiger partial charge in [0.05, 0.1) is 28.2 Å². The Labute approximate surface area is 173 Å². The molecule has 140 valence electrons. The Hall–Kier alpha value is -1.31. The molecule has 1 aromatic heterocycles. The van der Waals surface area contributed by atoms with E-state index in [2.05, 4.69) is 12.0 Å². The molecule has 0 aliphatic heterocycles. The van der Waals surface area contributed by atoms with E-state index in [0.717, 1.165) is 23.0 Å². The fourth-order valence-corrected chi connectivity index (χ4v) is 2.99. The van der Waals surface area contributed by atoms with Crippen LogP contribution < -0.4 is 5.73 Å². The summed E-state index contributed by atoms with van der Waals surface area (Å²) in [6, 6.07) is 2.19. The van der Waals surface area contributed by atoms with Gasteiger partial charge in [-0.25, -0.2) is 8.42 Å². The molecule has 2 aromatic rings. The van der Waals surface area contributed by atoms with E-state index in [1.807, 2.05) is 0 Å². The smallest absolute Gasteiger partial charge is 0.434 e. The Morgan fingerprint density at radius 3 is 2.31 bits per heavy atom. The van der Waals surface area contributed by atoms with Crippen molar-refractivity contribution < 1.29 is 57.5 Å². The molecule has 2 rings (SSSR count). The van der Waals surface area contributed by atoms with Crippen molar-refractivity contribution in [3.05, 3.63) is 42.4 Å². The zero-order valence-corrected chi connectivity index (χ0v) is 18.9. The molecule has 0 amide bonds. The van der Waals surface area contributed by atoms with Crippen LogP contribution in [0.25, 0.3) is 5.69 Å². The molecule has 0 aliphatic rings. The minimum atomic E-state index is -4.70. The topological polar surface area (TPSA) is 95.0 Å². The number of hydrogen-bond acceptors (Lipinski definition) is 5. The summed E-state index contributed by atoms with van der Waals surface area (Å²) in [7, 11) is -3.99. The molecular formula is C15H16F3N3O3SU. The number of halogens is 3. The van der Waals surface area contributed by atoms with Crippen molar-refractivity contribution in [2.24, 2.45) is 0 Å². The summed E-state index contributed by atoms with van der Waals surface area (Å²) in [5, 5.41) is 3.74. The molecule has 6 nitrogen and oxygen atoms in total. The third-order valence-corrected chi connectivity index (χ3v) is 4.90. The van der Waals surface area contributed by atoms with Gasteiger partial charge in [-0.15, -0.1) is 0 Å². The number of carbonyl (C=O) groups excluding carboxylic acids is 1. The van der Waals surface area contributed by atoms with Gasteiger partial charge in [-0.05, 0) is 24.4 Å². The summed E-state index contributed by atoms with van der Waals surface area (Å²) < 4.78 is 63.7. The van der Waals surface area contributed by atoms with Crippen molar-refractivity contribution in [2.45, 2.75) is 24.9 Å². The normalized spacial score (nSPS) is 11.2. The number of hydrogen-bond donors (Lipinski definition) is 1. The molecule has 2 N–H and O–H groups in total. The average Bonchev–Trinajstić information content (AvgIpc) is 2.96. The second-order valence-electron chi connectivity index (χ2n) is 4.54. The van der Waals surface area contributed by atoms with Crippen LogP contribution in [0.15, 0.2) is 29.3 Å². The van der Waals surface area contributed by atoms with Gasteiger partial charge in [-0.3, -0.25) is 9.78 Å². The maximum atomic E-state index is 12.8. The van der Waals surface area contributed by atoms with E-state index in [1.54, 1.807) is 6.92 Å². The van der Waals surface area contributed by atoms with Crippen molar-refractivity contribution >= 4 is 21.9 Å². The van der Waals surface area contributed by atoms with E-state index >= 15 is 0 Å². The quantitative estimate of drug-likeness (QED) is 0.536. The van der Waals surface area contributed by atoms with Crippen LogP contribution in [0, 0.1) is 38.0 Å². The summed E-state index contributed by atoms with van der Waals surface area (Å²) in [6.07, 6.45) is -2.15. The van der Waals surface area contributed by atoms with Crippen molar-refractivity contribution in [2.75, 3.05) is 11.5 Å². The monoisotopic (exact) mass is 613 g/mol. The molecule has 0 saturated heterocycles. The fraction of sp³-hybridized carbons (Fsp3) is 0.267. The molecule has 0 radical (unpaired) electrons. The molecule has 1 heterocycles. The molecule has 11 heteroatoms. The minimum Gasteiger partial charge on any atom is -0.434 e. The van der Waals surface area contributed by atoms with Crippen LogP contribution in [0.2, 0.25) is 0 Å². The summed E-state index contributed by atoms with van der Waals surface area (Å²) in [5.74, 6) is -0.623. The second kappa shape index (κ2) is 9.58. The molecule has 0 unspecified atom stereocenters. The van der Waals surface area contributed by atoms with Crippen LogP contribution in [0.4, 0.5) is 19.0 Å². The predicted octanol–water partition coefficient (Wildman–Crippen LogP) is 2.57. The van der Waals surface area contributed by atoms with Crippen LogP contribution in [-0.4, -0.2) is 30.2 Å². The standard InChI is InChI=1S/C13H11F3N3O3S.C2H5.U/c1-2-23(21,22)11-5-9(13(14,15)16)3-4-10(11)19-12(17)8(7-20)6-18-19;1-2;/h3-6H,2,17H2,1H3;1H2,2H3;/q2*-1;+2. The van der Waals surface area contributed by atoms with Crippen molar-refractivity contribution in [3.8, 4) is 5.69 Å². The molecule has 26 heavy (non-hydrogen) atoms. The second-order valence-corrected chi connectivity index (χ2v) is 6.79. The number of nitrogens with two attached hydrogens (primary N) is 1. The van der Waals surface area contributed by atoms with Crippen molar-refractivity contribution in [3.63, 3.8) is 0 Å². The van der Waals surface area contributed by atoms with E-state index in [1.165, 1.54) is 13.2 Å². The number of aromatic nitrogens is 2. The van der Waals surface area contributed by atoms with Gasteiger partial charge in [0.15, 0.2) is 9.84 Å². The Kier molecular flexibility index (Phi) is 9.09. The predicted molar refractivity (Wildman–Crippen MR) is 86.5 cm³/mol. The molecular weight excluding hydrogens is 597 g/mol. The van der Waals surface area contributed by atoms with Crippen LogP contribution in [0.3, 0.4) is 0 Å². The van der Waals surface area contributed by atoms with E-state index in [-0.39, 0.29) is 48.2 Å². The van der Waals surface area contributed by atoms with Gasteiger partial charge < -0.3 is 17.5 Å². The Bertz CT molecular complexity index is 865. The summed E-state index contributed by atoms with van der Waals surface area (Å²) in [5.41, 5.74) is 4.25. The van der Waals surface area contributed by atoms with Gasteiger partial charge in [0.1, 0.15) is 0 Å². The molecule has 0 aliphatic carbocycles. The van der Waals surface area contributed by atoms with Gasteiger partial charge in [-0.1, -0.05) is 12.5 Å². The first kappa shape index (κ1) is 24.7. The third kappa shape index (κ3) is 5.11. The van der Waals surface area contributed by atoms with Gasteiger partial charge in [0, 0.05) is 5.82 Å². The maximum absolute atomic E-state index is 12.8. The number of anilines is 1. The number of sulfone groups is 1. The third-order valence-electron chi connectivity index (χ3n) is 3.15. The van der Waals surface area contributed by atoms with E-state index in [9.17, 15) is 26.4 Å². The van der Waals surface area contributed by atoms with E-state index < -0.39 is 32.2 Å². The van der Waals surface area contributed by atoms with Crippen molar-refractivity contribution in [1.82, 2.24) is 9.78 Å². The number of nitrogens with zero attached hydrogens (tertiary/aromatic N) is 2. The SMILES string of the molecule is CCS(=O)(=O)c1cc(C(F)(F)F)ccc1-n1ncc([C-]=O)c1N.[CH2-]C.[U+2]. The summed E-state index contributed by atoms with van der Waals surface area (Å²) in [4.78, 5) is 10.1. The van der Waals surface area contributed by atoms with Crippen LogP contribution in [0.1, 0.15) is 25.0 Å². The van der Waals surface area contributed by atoms with Gasteiger partial charge in [0.25, 0.3) is 0 Å². The Morgan fingerprint density at radius 2 is 1.88 bits per heavy atom. The zero-order valence-electron chi connectivity index (χ0n) is 14.0. The first-order chi connectivity index (χ1) is 11.6. The maximum Gasteiger partial charge on any atom is 2.00 e. The molecule has 1 aromatic carbocycles. The fourth-order valence-electron chi connectivity index (χ4n) is 1.90. The zero-order chi connectivity index (χ0) is 19.4. The first-order valence-electron chi connectivity index (χ1n) is 6.98. The average molecular weight is 613 g/mol. The Balaban J connectivity index is 0.00000201. The van der Waals surface area contributed by atoms with Crippen LogP contribution >= 0.6 is 0 Å². The number of rotatable bonds is 4. The molecule has 0 atom stereocenters. The van der Waals surface area contributed by atoms with Gasteiger partial charge in [-0.2, -0.15) is 20.1 Å². The molecule has 0 saturated carbocycles. The summed E-state index contributed by atoms with van der Waals surface area (Å²) >= 11 is 0. The van der Waals surface area contributed by atoms with Gasteiger partial charge in [0.2, 0.25) is 0 Å². The summed E-state index contributed by atoms with van der Waals surface area (Å²) in [6.45, 7) is 6.30. The number of alkyl halides is 3. The molecule has 0 fully saturated rings. The molecule has 0 spiro atoms. The van der Waals surface area contributed by atoms with Gasteiger partial charge >= 0.3 is 37.3 Å². The minimum absolute atomic E-state index is 0. The number of nitrogen functional groups attached to an aromatic ring is 1. The number of benzene rings is 1.